The molecule has 0 saturated carbocycles. The highest BCUT2D eigenvalue weighted by atomic mass is 35.5. The second kappa shape index (κ2) is 6.08. The molecule has 86 valence electrons. The van der Waals surface area contributed by atoms with Crippen molar-refractivity contribution >= 4 is 41.3 Å². The van der Waals surface area contributed by atoms with Crippen LogP contribution in [-0.4, -0.2) is 21.1 Å². The molecule has 0 atom stereocenters. The van der Waals surface area contributed by atoms with Crippen molar-refractivity contribution in [3.8, 4) is 0 Å². The van der Waals surface area contributed by atoms with Gasteiger partial charge in [0.2, 0.25) is 0 Å². The van der Waals surface area contributed by atoms with Gasteiger partial charge in [0.1, 0.15) is 0 Å². The molecule has 0 radical (unpaired) electrons. The molecule has 0 aliphatic heterocycles. The van der Waals surface area contributed by atoms with Crippen LogP contribution in [0.5, 0.6) is 0 Å². The van der Waals surface area contributed by atoms with Crippen molar-refractivity contribution in [2.24, 2.45) is 7.05 Å². The lowest BCUT2D eigenvalue weighted by Crippen LogP contribution is -2.01. The number of rotatable bonds is 4. The zero-order valence-corrected chi connectivity index (χ0v) is 11.1. The number of thiophene rings is 1. The Kier molecular flexibility index (Phi) is 5.05. The fourth-order valence-electron chi connectivity index (χ4n) is 1.13. The average Bonchev–Trinajstić information content (AvgIpc) is 2.85. The number of carbonyl (C=O) groups excluding carboxylic acids is 1. The summed E-state index contributed by atoms with van der Waals surface area (Å²) in [7, 11) is 1.92. The summed E-state index contributed by atoms with van der Waals surface area (Å²) in [5.74, 6) is 0.615. The summed E-state index contributed by atoms with van der Waals surface area (Å²) in [6, 6.07) is 3.75. The van der Waals surface area contributed by atoms with E-state index in [9.17, 15) is 4.79 Å². The van der Waals surface area contributed by atoms with Crippen molar-refractivity contribution in [2.75, 3.05) is 5.75 Å². The SMILES string of the molecule is Cl.Cn1ccnc1SCC(=O)c1cccs1. The number of aryl methyl sites for hydroxylation is 1. The summed E-state index contributed by atoms with van der Waals surface area (Å²) in [6.45, 7) is 0. The van der Waals surface area contributed by atoms with Crippen LogP contribution in [0.2, 0.25) is 0 Å². The van der Waals surface area contributed by atoms with Gasteiger partial charge in [-0.05, 0) is 11.4 Å². The second-order valence-electron chi connectivity index (χ2n) is 3.01. The molecule has 0 aliphatic carbocycles. The van der Waals surface area contributed by atoms with E-state index in [-0.39, 0.29) is 18.2 Å². The highest BCUT2D eigenvalue weighted by Gasteiger charge is 2.08. The molecular formula is C10H11ClN2OS2. The molecule has 6 heteroatoms. The second-order valence-corrected chi connectivity index (χ2v) is 4.90. The fourth-order valence-corrected chi connectivity index (χ4v) is 2.70. The predicted octanol–water partition coefficient (Wildman–Crippen LogP) is 2.88. The average molecular weight is 275 g/mol. The van der Waals surface area contributed by atoms with Crippen molar-refractivity contribution < 1.29 is 4.79 Å². The first-order valence-electron chi connectivity index (χ1n) is 4.44. The topological polar surface area (TPSA) is 34.9 Å². The van der Waals surface area contributed by atoms with E-state index in [0.29, 0.717) is 5.75 Å². The van der Waals surface area contributed by atoms with Crippen LogP contribution >= 0.6 is 35.5 Å². The van der Waals surface area contributed by atoms with Crippen LogP contribution in [0, 0.1) is 0 Å². The summed E-state index contributed by atoms with van der Waals surface area (Å²) in [4.78, 5) is 16.6. The predicted molar refractivity (Wildman–Crippen MR) is 69.8 cm³/mol. The monoisotopic (exact) mass is 274 g/mol. The standard InChI is InChI=1S/C10H10N2OS2.ClH/c1-12-5-4-11-10(12)15-7-8(13)9-3-2-6-14-9;/h2-6H,7H2,1H3;1H. The Hall–Kier alpha value is -0.780. The number of carbonyl (C=O) groups is 1. The van der Waals surface area contributed by atoms with Crippen LogP contribution in [-0.2, 0) is 7.05 Å². The lowest BCUT2D eigenvalue weighted by atomic mass is 10.4. The third kappa shape index (κ3) is 3.10. The summed E-state index contributed by atoms with van der Waals surface area (Å²) < 4.78 is 1.91. The number of aromatic nitrogens is 2. The number of ketones is 1. The summed E-state index contributed by atoms with van der Waals surface area (Å²) in [6.07, 6.45) is 3.61. The Morgan fingerprint density at radius 1 is 1.62 bits per heavy atom. The van der Waals surface area contributed by atoms with Crippen LogP contribution in [0.3, 0.4) is 0 Å². The molecule has 3 nitrogen and oxygen atoms in total. The lowest BCUT2D eigenvalue weighted by Gasteiger charge is -1.99. The summed E-state index contributed by atoms with van der Waals surface area (Å²) >= 11 is 2.95. The Morgan fingerprint density at radius 2 is 2.44 bits per heavy atom. The van der Waals surface area contributed by atoms with Crippen molar-refractivity contribution in [1.82, 2.24) is 9.55 Å². The smallest absolute Gasteiger partial charge is 0.183 e. The molecule has 2 aromatic heterocycles. The number of thioether (sulfide) groups is 1. The molecule has 0 aliphatic rings. The number of hydrogen-bond donors (Lipinski definition) is 0. The van der Waals surface area contributed by atoms with Crippen LogP contribution < -0.4 is 0 Å². The normalized spacial score (nSPS) is 9.81. The third-order valence-corrected chi connectivity index (χ3v) is 3.87. The molecule has 0 saturated heterocycles. The summed E-state index contributed by atoms with van der Waals surface area (Å²) in [5.41, 5.74) is 0. The largest absolute Gasteiger partial charge is 0.329 e. The number of halogens is 1. The van der Waals surface area contributed by atoms with Gasteiger partial charge >= 0.3 is 0 Å². The van der Waals surface area contributed by atoms with Gasteiger partial charge in [-0.15, -0.1) is 23.7 Å². The van der Waals surface area contributed by atoms with Crippen LogP contribution in [0.1, 0.15) is 9.67 Å². The van der Waals surface area contributed by atoms with Gasteiger partial charge in [-0.25, -0.2) is 4.98 Å². The lowest BCUT2D eigenvalue weighted by molar-refractivity contribution is 0.102. The molecule has 0 amide bonds. The highest BCUT2D eigenvalue weighted by molar-refractivity contribution is 7.99. The Labute approximate surface area is 108 Å². The Bertz CT molecular complexity index is 453. The van der Waals surface area contributed by atoms with Gasteiger partial charge in [-0.1, -0.05) is 17.8 Å². The zero-order chi connectivity index (χ0) is 10.7. The van der Waals surface area contributed by atoms with E-state index < -0.39 is 0 Å². The molecule has 2 heterocycles. The Balaban J connectivity index is 0.00000128. The molecule has 0 N–H and O–H groups in total. The first-order valence-corrected chi connectivity index (χ1v) is 6.31. The van der Waals surface area contributed by atoms with Gasteiger partial charge in [-0.2, -0.15) is 0 Å². The first-order chi connectivity index (χ1) is 7.27. The molecule has 2 aromatic rings. The van der Waals surface area contributed by atoms with E-state index in [2.05, 4.69) is 4.98 Å². The van der Waals surface area contributed by atoms with Crippen molar-refractivity contribution in [3.63, 3.8) is 0 Å². The van der Waals surface area contributed by atoms with Gasteiger partial charge in [-0.3, -0.25) is 4.79 Å². The molecule has 0 fully saturated rings. The third-order valence-electron chi connectivity index (χ3n) is 1.91. The molecule has 0 unspecified atom stereocenters. The van der Waals surface area contributed by atoms with E-state index in [1.807, 2.05) is 35.3 Å². The number of nitrogens with zero attached hydrogens (tertiary/aromatic N) is 2. The molecule has 2 rings (SSSR count). The van der Waals surface area contributed by atoms with Gasteiger partial charge < -0.3 is 4.57 Å². The fraction of sp³-hybridized carbons (Fsp3) is 0.200. The van der Waals surface area contributed by atoms with Gasteiger partial charge in [0.25, 0.3) is 0 Å². The van der Waals surface area contributed by atoms with E-state index in [0.717, 1.165) is 10.0 Å². The van der Waals surface area contributed by atoms with E-state index in [1.54, 1.807) is 6.20 Å². The maximum Gasteiger partial charge on any atom is 0.183 e. The van der Waals surface area contributed by atoms with Crippen molar-refractivity contribution in [3.05, 3.63) is 34.8 Å². The first kappa shape index (κ1) is 13.3. The number of hydrogen-bond acceptors (Lipinski definition) is 4. The minimum absolute atomic E-state index is 0. The quantitative estimate of drug-likeness (QED) is 0.635. The Morgan fingerprint density at radius 3 is 3.00 bits per heavy atom. The van der Waals surface area contributed by atoms with Gasteiger partial charge in [0.05, 0.1) is 10.6 Å². The highest BCUT2D eigenvalue weighted by Crippen LogP contribution is 2.18. The minimum atomic E-state index is 0. The van der Waals surface area contributed by atoms with Gasteiger partial charge in [0.15, 0.2) is 10.9 Å². The van der Waals surface area contributed by atoms with E-state index in [1.165, 1.54) is 23.1 Å². The molecule has 0 aromatic carbocycles. The van der Waals surface area contributed by atoms with Crippen molar-refractivity contribution in [1.29, 1.82) is 0 Å². The number of Topliss-reactive ketones (excluding diaryl/α,β-unsaturated/α-hetero) is 1. The summed E-state index contributed by atoms with van der Waals surface area (Å²) in [5, 5.41) is 2.79. The molecule has 0 spiro atoms. The maximum atomic E-state index is 11.7. The van der Waals surface area contributed by atoms with Crippen molar-refractivity contribution in [2.45, 2.75) is 5.16 Å². The maximum absolute atomic E-state index is 11.7. The molecular weight excluding hydrogens is 264 g/mol. The van der Waals surface area contributed by atoms with E-state index in [4.69, 9.17) is 0 Å². The molecule has 0 bridgehead atoms. The van der Waals surface area contributed by atoms with Crippen LogP contribution in [0.15, 0.2) is 35.1 Å². The zero-order valence-electron chi connectivity index (χ0n) is 8.62. The van der Waals surface area contributed by atoms with E-state index >= 15 is 0 Å². The number of imidazole rings is 1. The minimum Gasteiger partial charge on any atom is -0.329 e. The van der Waals surface area contributed by atoms with Gasteiger partial charge in [0, 0.05) is 19.4 Å². The van der Waals surface area contributed by atoms with Crippen LogP contribution in [0.4, 0.5) is 0 Å². The van der Waals surface area contributed by atoms with Crippen LogP contribution in [0.25, 0.3) is 0 Å². The molecule has 16 heavy (non-hydrogen) atoms.